The van der Waals surface area contributed by atoms with Crippen molar-refractivity contribution in [2.75, 3.05) is 31.6 Å². The summed E-state index contributed by atoms with van der Waals surface area (Å²) in [6.45, 7) is 7.99. The smallest absolute Gasteiger partial charge is 0.329 e. The van der Waals surface area contributed by atoms with Crippen LogP contribution in [0.1, 0.15) is 118 Å². The number of benzene rings is 3. The largest absolute Gasteiger partial charge is 0.494 e. The number of ether oxygens (including phenoxy) is 2. The molecule has 304 valence electrons. The Kier molecular flexibility index (Phi) is 13.8. The number of anilines is 1. The molecule has 1 spiro atoms. The third-order valence-electron chi connectivity index (χ3n) is 13.2. The van der Waals surface area contributed by atoms with Gasteiger partial charge in [0, 0.05) is 28.2 Å². The summed E-state index contributed by atoms with van der Waals surface area (Å²) in [7, 11) is 0. The van der Waals surface area contributed by atoms with Crippen molar-refractivity contribution in [1.29, 1.82) is 0 Å². The zero-order valence-corrected chi connectivity index (χ0v) is 34.8. The van der Waals surface area contributed by atoms with E-state index < -0.39 is 11.5 Å². The van der Waals surface area contributed by atoms with Gasteiger partial charge in [0.2, 0.25) is 0 Å². The second kappa shape index (κ2) is 19.1. The number of aryl methyl sites for hydroxylation is 2. The number of pyridine rings is 1. The Labute approximate surface area is 345 Å². The zero-order valence-electron chi connectivity index (χ0n) is 34.0. The lowest BCUT2D eigenvalue weighted by atomic mass is 9.59. The molecular weight excluding hydrogens is 730 g/mol. The molecular formula is C49H62ClN3O4. The summed E-state index contributed by atoms with van der Waals surface area (Å²) in [5.41, 5.74) is 6.19. The van der Waals surface area contributed by atoms with Gasteiger partial charge < -0.3 is 25.2 Å². The molecule has 0 radical (unpaired) electrons. The second-order valence-electron chi connectivity index (χ2n) is 17.3. The molecule has 0 saturated heterocycles. The fourth-order valence-electron chi connectivity index (χ4n) is 10.1. The maximum absolute atomic E-state index is 13.0. The molecule has 3 aliphatic carbocycles. The summed E-state index contributed by atoms with van der Waals surface area (Å²) in [5, 5.41) is 18.3. The minimum atomic E-state index is -1.06. The first-order valence-corrected chi connectivity index (χ1v) is 22.0. The molecule has 0 unspecified atom stereocenters. The summed E-state index contributed by atoms with van der Waals surface area (Å²) >= 11 is 6.32. The molecule has 57 heavy (non-hydrogen) atoms. The number of aromatic nitrogens is 1. The molecule has 7 rings (SSSR count). The van der Waals surface area contributed by atoms with Gasteiger partial charge in [-0.25, -0.2) is 4.79 Å². The Morgan fingerprint density at radius 2 is 1.75 bits per heavy atom. The van der Waals surface area contributed by atoms with E-state index in [0.29, 0.717) is 48.8 Å². The van der Waals surface area contributed by atoms with Crippen molar-refractivity contribution in [1.82, 2.24) is 10.3 Å². The van der Waals surface area contributed by atoms with Crippen molar-refractivity contribution in [3.05, 3.63) is 118 Å². The number of carboxylic acids is 1. The quantitative estimate of drug-likeness (QED) is 0.0814. The number of fused-ring (bicyclic) bond motifs is 3. The molecule has 3 atom stereocenters. The van der Waals surface area contributed by atoms with Crippen molar-refractivity contribution in [3.63, 3.8) is 0 Å². The van der Waals surface area contributed by atoms with Gasteiger partial charge in [-0.3, -0.25) is 4.98 Å². The fourth-order valence-corrected chi connectivity index (χ4v) is 10.2. The van der Waals surface area contributed by atoms with E-state index in [-0.39, 0.29) is 5.41 Å². The Bertz CT molecular complexity index is 1930. The van der Waals surface area contributed by atoms with E-state index >= 15 is 0 Å². The number of nitrogens with zero attached hydrogens (tertiary/aromatic N) is 1. The molecule has 0 bridgehead atoms. The normalized spacial score (nSPS) is 23.1. The van der Waals surface area contributed by atoms with Crippen molar-refractivity contribution in [3.8, 4) is 11.5 Å². The first-order chi connectivity index (χ1) is 27.7. The number of hydrogen-bond acceptors (Lipinski definition) is 6. The summed E-state index contributed by atoms with van der Waals surface area (Å²) in [4.78, 5) is 17.7. The second-order valence-corrected chi connectivity index (χ2v) is 17.7. The lowest BCUT2D eigenvalue weighted by Crippen LogP contribution is -2.53. The average molecular weight is 793 g/mol. The Morgan fingerprint density at radius 3 is 2.54 bits per heavy atom. The first kappa shape index (κ1) is 41.1. The van der Waals surface area contributed by atoms with Gasteiger partial charge >= 0.3 is 5.97 Å². The van der Waals surface area contributed by atoms with Gasteiger partial charge in [-0.05, 0) is 179 Å². The molecule has 3 N–H and O–H groups in total. The molecule has 1 aromatic heterocycles. The number of nitrogens with one attached hydrogen (secondary N) is 2. The monoisotopic (exact) mass is 791 g/mol. The highest BCUT2D eigenvalue weighted by Crippen LogP contribution is 2.57. The average Bonchev–Trinajstić information content (AvgIpc) is 3.50. The number of carboxylic acid groups (broad SMARTS) is 1. The van der Waals surface area contributed by atoms with E-state index in [1.165, 1.54) is 53.6 Å². The zero-order chi connectivity index (χ0) is 39.7. The minimum Gasteiger partial charge on any atom is -0.494 e. The van der Waals surface area contributed by atoms with Crippen molar-refractivity contribution in [2.45, 2.75) is 121 Å². The SMILES string of the molecule is C[C@@H](COc1ccnc2c1[C@H](C)CCC2)C[C@H]1Cc2ccc(OCCCCNCCCCc3ccccc3)cc2C12CCC(Nc1cccc(Cl)c1)(C(=O)O)CC2. The van der Waals surface area contributed by atoms with E-state index in [1.807, 2.05) is 36.5 Å². The van der Waals surface area contributed by atoms with Crippen molar-refractivity contribution in [2.24, 2.45) is 11.8 Å². The highest BCUT2D eigenvalue weighted by molar-refractivity contribution is 6.30. The van der Waals surface area contributed by atoms with Crippen LogP contribution in [0.25, 0.3) is 0 Å². The van der Waals surface area contributed by atoms with Gasteiger partial charge in [0.25, 0.3) is 0 Å². The van der Waals surface area contributed by atoms with Crippen LogP contribution in [0.2, 0.25) is 5.02 Å². The molecule has 1 fully saturated rings. The van der Waals surface area contributed by atoms with Crippen LogP contribution in [-0.4, -0.2) is 47.9 Å². The van der Waals surface area contributed by atoms with Crippen LogP contribution in [0.3, 0.4) is 0 Å². The van der Waals surface area contributed by atoms with Crippen molar-refractivity contribution >= 4 is 23.3 Å². The van der Waals surface area contributed by atoms with E-state index in [4.69, 9.17) is 21.1 Å². The molecule has 7 nitrogen and oxygen atoms in total. The van der Waals surface area contributed by atoms with Gasteiger partial charge in [0.05, 0.1) is 13.2 Å². The Hall–Kier alpha value is -4.07. The maximum atomic E-state index is 13.0. The van der Waals surface area contributed by atoms with Gasteiger partial charge in [0.1, 0.15) is 17.0 Å². The van der Waals surface area contributed by atoms with Gasteiger partial charge in [-0.15, -0.1) is 0 Å². The van der Waals surface area contributed by atoms with Crippen LogP contribution in [-0.2, 0) is 29.5 Å². The number of carbonyl (C=O) groups is 1. The van der Waals surface area contributed by atoms with Crippen LogP contribution in [0.5, 0.6) is 11.5 Å². The lowest BCUT2D eigenvalue weighted by Gasteiger charge is -2.47. The third kappa shape index (κ3) is 9.97. The summed E-state index contributed by atoms with van der Waals surface area (Å²) < 4.78 is 13.0. The predicted molar refractivity (Wildman–Crippen MR) is 231 cm³/mol. The molecule has 0 aliphatic heterocycles. The van der Waals surface area contributed by atoms with Crippen LogP contribution < -0.4 is 20.1 Å². The lowest BCUT2D eigenvalue weighted by molar-refractivity contribution is -0.144. The highest BCUT2D eigenvalue weighted by atomic mass is 35.5. The Morgan fingerprint density at radius 1 is 0.947 bits per heavy atom. The fraction of sp³-hybridized carbons (Fsp3) is 0.510. The number of hydrogen-bond donors (Lipinski definition) is 3. The molecule has 3 aromatic carbocycles. The van der Waals surface area contributed by atoms with Gasteiger partial charge in [0.15, 0.2) is 0 Å². The first-order valence-electron chi connectivity index (χ1n) is 21.6. The van der Waals surface area contributed by atoms with E-state index in [0.717, 1.165) is 81.6 Å². The van der Waals surface area contributed by atoms with Crippen LogP contribution in [0.15, 0.2) is 85.1 Å². The molecule has 1 heterocycles. The molecule has 1 saturated carbocycles. The molecule has 3 aliphatic rings. The number of rotatable bonds is 19. The van der Waals surface area contributed by atoms with E-state index in [1.54, 1.807) is 0 Å². The predicted octanol–water partition coefficient (Wildman–Crippen LogP) is 11.0. The number of halogens is 1. The maximum Gasteiger partial charge on any atom is 0.329 e. The summed E-state index contributed by atoms with van der Waals surface area (Å²) in [5.74, 6) is 2.28. The number of aliphatic carboxylic acids is 1. The van der Waals surface area contributed by atoms with Crippen LogP contribution >= 0.6 is 11.6 Å². The molecule has 8 heteroatoms. The van der Waals surface area contributed by atoms with Crippen molar-refractivity contribution < 1.29 is 19.4 Å². The summed E-state index contributed by atoms with van der Waals surface area (Å²) in [6.07, 6.45) is 15.5. The summed E-state index contributed by atoms with van der Waals surface area (Å²) in [6, 6.07) is 26.9. The standard InChI is InChI=1S/C49H62ClN3O4/c1-35(34-57-45-21-28-52-44-18-10-12-36(2)46(44)45)30-39-31-38-19-20-42(56-29-9-8-27-51-26-7-6-15-37-13-4-3-5-14-37)33-43(38)48(39)22-24-49(25-23-48,47(54)55)53-41-17-11-16-40(50)32-41/h3-5,11,13-14,16-17,19-21,28,32-33,35-36,39,51,53H,6-10,12,15,18,22-27,29-31,34H2,1-2H3,(H,54,55)/t35-,36-,39+,48?,49?/m1/s1. The highest BCUT2D eigenvalue weighted by Gasteiger charge is 2.54. The van der Waals surface area contributed by atoms with Crippen LogP contribution in [0, 0.1) is 11.8 Å². The molecule has 0 amide bonds. The number of unbranched alkanes of at least 4 members (excludes halogenated alkanes) is 2. The van der Waals surface area contributed by atoms with E-state index in [2.05, 4.69) is 78.0 Å². The molecule has 4 aromatic rings. The topological polar surface area (TPSA) is 92.7 Å². The third-order valence-corrected chi connectivity index (χ3v) is 13.4. The minimum absolute atomic E-state index is 0.132. The van der Waals surface area contributed by atoms with Crippen LogP contribution in [0.4, 0.5) is 5.69 Å². The van der Waals surface area contributed by atoms with Gasteiger partial charge in [-0.1, -0.05) is 67.9 Å². The van der Waals surface area contributed by atoms with Gasteiger partial charge in [-0.2, -0.15) is 0 Å². The Balaban J connectivity index is 0.988. The van der Waals surface area contributed by atoms with E-state index in [9.17, 15) is 9.90 Å².